The molecule has 68 valence electrons. The standard InChI is InChI=1S/C9H12N4/c1-6(2)7-3-11-9-12-4-8(10)13(9)5-7/h3-6H,10H2,1-2H3. The van der Waals surface area contributed by atoms with Crippen LogP contribution in [0.1, 0.15) is 25.3 Å². The Morgan fingerprint density at radius 2 is 2.00 bits per heavy atom. The van der Waals surface area contributed by atoms with E-state index < -0.39 is 0 Å². The van der Waals surface area contributed by atoms with Crippen LogP contribution in [0.4, 0.5) is 5.82 Å². The second kappa shape index (κ2) is 2.73. The van der Waals surface area contributed by atoms with Crippen LogP contribution >= 0.6 is 0 Å². The molecule has 0 saturated heterocycles. The third kappa shape index (κ3) is 1.24. The van der Waals surface area contributed by atoms with Crippen molar-refractivity contribution >= 4 is 11.6 Å². The van der Waals surface area contributed by atoms with E-state index in [4.69, 9.17) is 5.73 Å². The van der Waals surface area contributed by atoms with E-state index in [1.165, 1.54) is 0 Å². The number of fused-ring (bicyclic) bond motifs is 1. The van der Waals surface area contributed by atoms with Gasteiger partial charge in [-0.1, -0.05) is 13.8 Å². The summed E-state index contributed by atoms with van der Waals surface area (Å²) in [7, 11) is 0. The fourth-order valence-corrected chi connectivity index (χ4v) is 1.20. The Kier molecular flexibility index (Phi) is 1.69. The van der Waals surface area contributed by atoms with Gasteiger partial charge in [0.05, 0.1) is 6.20 Å². The number of hydrogen-bond donors (Lipinski definition) is 1. The summed E-state index contributed by atoms with van der Waals surface area (Å²) in [4.78, 5) is 8.24. The molecular weight excluding hydrogens is 164 g/mol. The van der Waals surface area contributed by atoms with Gasteiger partial charge in [-0.3, -0.25) is 4.40 Å². The molecular formula is C9H12N4. The van der Waals surface area contributed by atoms with Crippen LogP contribution in [0.3, 0.4) is 0 Å². The molecule has 13 heavy (non-hydrogen) atoms. The van der Waals surface area contributed by atoms with Crippen LogP contribution < -0.4 is 5.73 Å². The Morgan fingerprint density at radius 1 is 1.31 bits per heavy atom. The minimum atomic E-state index is 0.457. The molecule has 0 aliphatic carbocycles. The highest BCUT2D eigenvalue weighted by Crippen LogP contribution is 2.14. The Morgan fingerprint density at radius 3 is 2.69 bits per heavy atom. The number of aromatic nitrogens is 3. The normalized spacial score (nSPS) is 11.3. The fourth-order valence-electron chi connectivity index (χ4n) is 1.20. The van der Waals surface area contributed by atoms with Gasteiger partial charge in [-0.25, -0.2) is 9.97 Å². The van der Waals surface area contributed by atoms with Gasteiger partial charge in [0, 0.05) is 12.4 Å². The molecule has 0 radical (unpaired) electrons. The molecule has 0 spiro atoms. The van der Waals surface area contributed by atoms with Gasteiger partial charge < -0.3 is 5.73 Å². The van der Waals surface area contributed by atoms with Crippen LogP contribution in [0.25, 0.3) is 5.78 Å². The molecule has 2 aromatic heterocycles. The van der Waals surface area contributed by atoms with E-state index >= 15 is 0 Å². The molecule has 0 atom stereocenters. The van der Waals surface area contributed by atoms with Gasteiger partial charge in [-0.2, -0.15) is 0 Å². The van der Waals surface area contributed by atoms with Gasteiger partial charge >= 0.3 is 0 Å². The number of hydrogen-bond acceptors (Lipinski definition) is 3. The van der Waals surface area contributed by atoms with Crippen molar-refractivity contribution in [3.8, 4) is 0 Å². The summed E-state index contributed by atoms with van der Waals surface area (Å²) < 4.78 is 1.80. The zero-order chi connectivity index (χ0) is 9.42. The molecule has 0 saturated carbocycles. The van der Waals surface area contributed by atoms with E-state index in [-0.39, 0.29) is 0 Å². The van der Waals surface area contributed by atoms with Gasteiger partial charge in [0.1, 0.15) is 5.82 Å². The Hall–Kier alpha value is -1.58. The van der Waals surface area contributed by atoms with E-state index in [0.29, 0.717) is 17.5 Å². The van der Waals surface area contributed by atoms with Gasteiger partial charge in [-0.15, -0.1) is 0 Å². The topological polar surface area (TPSA) is 56.2 Å². The van der Waals surface area contributed by atoms with Crippen LogP contribution in [0, 0.1) is 0 Å². The smallest absolute Gasteiger partial charge is 0.235 e. The average Bonchev–Trinajstić information content (AvgIpc) is 2.47. The predicted molar refractivity (Wildman–Crippen MR) is 51.5 cm³/mol. The molecule has 0 aliphatic rings. The minimum absolute atomic E-state index is 0.457. The Balaban J connectivity index is 2.66. The van der Waals surface area contributed by atoms with Crippen molar-refractivity contribution in [3.05, 3.63) is 24.2 Å². The highest BCUT2D eigenvalue weighted by molar-refractivity contribution is 5.42. The van der Waals surface area contributed by atoms with Crippen molar-refractivity contribution in [3.63, 3.8) is 0 Å². The largest absolute Gasteiger partial charge is 0.383 e. The van der Waals surface area contributed by atoms with Gasteiger partial charge in [-0.05, 0) is 11.5 Å². The number of rotatable bonds is 1. The molecule has 0 aromatic carbocycles. The summed E-state index contributed by atoms with van der Waals surface area (Å²) >= 11 is 0. The van der Waals surface area contributed by atoms with E-state index in [1.807, 2.05) is 12.4 Å². The summed E-state index contributed by atoms with van der Waals surface area (Å²) in [5.74, 6) is 1.74. The Labute approximate surface area is 76.4 Å². The molecule has 4 nitrogen and oxygen atoms in total. The lowest BCUT2D eigenvalue weighted by Gasteiger charge is -2.04. The van der Waals surface area contributed by atoms with Gasteiger partial charge in [0.25, 0.3) is 0 Å². The molecule has 2 N–H and O–H groups in total. The summed E-state index contributed by atoms with van der Waals surface area (Å²) in [5.41, 5.74) is 6.87. The minimum Gasteiger partial charge on any atom is -0.383 e. The second-order valence-electron chi connectivity index (χ2n) is 3.40. The highest BCUT2D eigenvalue weighted by atomic mass is 15.1. The van der Waals surface area contributed by atoms with E-state index in [1.54, 1.807) is 10.6 Å². The summed E-state index contributed by atoms with van der Waals surface area (Å²) in [5, 5.41) is 0. The van der Waals surface area contributed by atoms with E-state index in [0.717, 1.165) is 5.56 Å². The zero-order valence-electron chi connectivity index (χ0n) is 7.73. The first-order valence-electron chi connectivity index (χ1n) is 4.27. The van der Waals surface area contributed by atoms with Crippen LogP contribution in [0.15, 0.2) is 18.6 Å². The predicted octanol–water partition coefficient (Wildman–Crippen LogP) is 1.43. The summed E-state index contributed by atoms with van der Waals surface area (Å²) in [6.07, 6.45) is 5.44. The molecule has 0 bridgehead atoms. The molecule has 2 aromatic rings. The highest BCUT2D eigenvalue weighted by Gasteiger charge is 2.04. The summed E-state index contributed by atoms with van der Waals surface area (Å²) in [6.45, 7) is 4.24. The first-order chi connectivity index (χ1) is 6.18. The van der Waals surface area contributed by atoms with E-state index in [9.17, 15) is 0 Å². The SMILES string of the molecule is CC(C)c1cnc2ncc(N)n2c1. The fraction of sp³-hybridized carbons (Fsp3) is 0.333. The van der Waals surface area contributed by atoms with Crippen molar-refractivity contribution in [2.75, 3.05) is 5.73 Å². The maximum Gasteiger partial charge on any atom is 0.235 e. The van der Waals surface area contributed by atoms with Crippen LogP contribution in [-0.2, 0) is 0 Å². The number of anilines is 1. The number of nitrogens with zero attached hydrogens (tertiary/aromatic N) is 3. The third-order valence-corrected chi connectivity index (χ3v) is 2.08. The summed E-state index contributed by atoms with van der Waals surface area (Å²) in [6, 6.07) is 0. The Bertz CT molecular complexity index is 430. The number of imidazole rings is 1. The lowest BCUT2D eigenvalue weighted by atomic mass is 10.1. The molecule has 4 heteroatoms. The molecule has 0 unspecified atom stereocenters. The van der Waals surface area contributed by atoms with Crippen LogP contribution in [0.2, 0.25) is 0 Å². The first-order valence-corrected chi connectivity index (χ1v) is 4.27. The first kappa shape index (κ1) is 8.04. The molecule has 0 amide bonds. The monoisotopic (exact) mass is 176 g/mol. The molecule has 2 heterocycles. The van der Waals surface area contributed by atoms with Crippen LogP contribution in [-0.4, -0.2) is 14.4 Å². The van der Waals surface area contributed by atoms with E-state index in [2.05, 4.69) is 23.8 Å². The van der Waals surface area contributed by atoms with Crippen molar-refractivity contribution in [2.24, 2.45) is 0 Å². The van der Waals surface area contributed by atoms with Gasteiger partial charge in [0.2, 0.25) is 5.78 Å². The zero-order valence-corrected chi connectivity index (χ0v) is 7.73. The molecule has 2 rings (SSSR count). The van der Waals surface area contributed by atoms with Gasteiger partial charge in [0.15, 0.2) is 0 Å². The molecule has 0 fully saturated rings. The lowest BCUT2D eigenvalue weighted by molar-refractivity contribution is 0.842. The number of nitrogen functional groups attached to an aromatic ring is 1. The maximum absolute atomic E-state index is 5.71. The van der Waals surface area contributed by atoms with Crippen molar-refractivity contribution in [2.45, 2.75) is 19.8 Å². The third-order valence-electron chi connectivity index (χ3n) is 2.08. The van der Waals surface area contributed by atoms with Crippen molar-refractivity contribution in [1.82, 2.24) is 14.4 Å². The van der Waals surface area contributed by atoms with Crippen molar-refractivity contribution < 1.29 is 0 Å². The van der Waals surface area contributed by atoms with Crippen LogP contribution in [0.5, 0.6) is 0 Å². The quantitative estimate of drug-likeness (QED) is 0.715. The maximum atomic E-state index is 5.71. The van der Waals surface area contributed by atoms with Crippen molar-refractivity contribution in [1.29, 1.82) is 0 Å². The lowest BCUT2D eigenvalue weighted by Crippen LogP contribution is -1.98. The number of nitrogens with two attached hydrogens (primary N) is 1. The average molecular weight is 176 g/mol. The molecule has 0 aliphatic heterocycles. The second-order valence-corrected chi connectivity index (χ2v) is 3.40.